The van der Waals surface area contributed by atoms with Crippen molar-refractivity contribution in [1.29, 1.82) is 0 Å². The van der Waals surface area contributed by atoms with Crippen LogP contribution in [0.3, 0.4) is 0 Å². The van der Waals surface area contributed by atoms with Crippen LogP contribution in [0.5, 0.6) is 5.75 Å². The second-order valence-electron chi connectivity index (χ2n) is 7.97. The number of hydrogen-bond donors (Lipinski definition) is 1. The number of ether oxygens (including phenoxy) is 1. The van der Waals surface area contributed by atoms with Gasteiger partial charge in [-0.15, -0.1) is 11.3 Å². The summed E-state index contributed by atoms with van der Waals surface area (Å²) in [4.78, 5) is 18.6. The first-order valence-corrected chi connectivity index (χ1v) is 11.6. The number of benzene rings is 2. The second-order valence-corrected chi connectivity index (χ2v) is 9.01. The number of likely N-dealkylation sites (N-methyl/N-ethyl adjacent to an activating group) is 1. The van der Waals surface area contributed by atoms with E-state index in [1.807, 2.05) is 35.7 Å². The SMILES string of the molecule is CN1CCN(Cc2ccc(CNC(=O)c3cccc(OCc4cccs4)c3)cc2)CC1. The van der Waals surface area contributed by atoms with E-state index in [1.54, 1.807) is 17.4 Å². The van der Waals surface area contributed by atoms with Gasteiger partial charge in [0.2, 0.25) is 0 Å². The average Bonchev–Trinajstić information content (AvgIpc) is 3.32. The Kier molecular flexibility index (Phi) is 7.35. The van der Waals surface area contributed by atoms with Gasteiger partial charge >= 0.3 is 0 Å². The Morgan fingerprint density at radius 2 is 1.77 bits per heavy atom. The summed E-state index contributed by atoms with van der Waals surface area (Å²) in [7, 11) is 2.18. The third kappa shape index (κ3) is 6.40. The minimum absolute atomic E-state index is 0.0944. The first-order valence-electron chi connectivity index (χ1n) is 10.7. The molecular weight excluding hydrogens is 406 g/mol. The van der Waals surface area contributed by atoms with Crippen molar-refractivity contribution >= 4 is 17.2 Å². The maximum Gasteiger partial charge on any atom is 0.251 e. The van der Waals surface area contributed by atoms with Gasteiger partial charge in [-0.2, -0.15) is 0 Å². The molecule has 162 valence electrons. The maximum absolute atomic E-state index is 12.6. The zero-order valence-electron chi connectivity index (χ0n) is 17.9. The van der Waals surface area contributed by atoms with Crippen LogP contribution in [0.1, 0.15) is 26.4 Å². The van der Waals surface area contributed by atoms with Gasteiger partial charge in [-0.05, 0) is 47.8 Å². The highest BCUT2D eigenvalue weighted by atomic mass is 32.1. The monoisotopic (exact) mass is 435 g/mol. The predicted octanol–water partition coefficient (Wildman–Crippen LogP) is 4.00. The normalized spacial score (nSPS) is 15.0. The summed E-state index contributed by atoms with van der Waals surface area (Å²) in [6, 6.07) is 19.9. The number of piperazine rings is 1. The third-order valence-electron chi connectivity index (χ3n) is 5.54. The quantitative estimate of drug-likeness (QED) is 0.581. The largest absolute Gasteiger partial charge is 0.488 e. The molecule has 2 aromatic carbocycles. The zero-order valence-corrected chi connectivity index (χ0v) is 18.7. The number of nitrogens with zero attached hydrogens (tertiary/aromatic N) is 2. The van der Waals surface area contributed by atoms with Crippen LogP contribution in [0.15, 0.2) is 66.0 Å². The van der Waals surface area contributed by atoms with E-state index in [-0.39, 0.29) is 5.91 Å². The summed E-state index contributed by atoms with van der Waals surface area (Å²) in [6.45, 7) is 6.50. The molecule has 1 aliphatic rings. The topological polar surface area (TPSA) is 44.8 Å². The number of carbonyl (C=O) groups is 1. The first kappa shape index (κ1) is 21.6. The summed E-state index contributed by atoms with van der Waals surface area (Å²) < 4.78 is 5.81. The van der Waals surface area contributed by atoms with Gasteiger partial charge in [-0.25, -0.2) is 0 Å². The van der Waals surface area contributed by atoms with Crippen LogP contribution in [-0.2, 0) is 19.7 Å². The Morgan fingerprint density at radius 3 is 2.52 bits per heavy atom. The van der Waals surface area contributed by atoms with Crippen LogP contribution in [0.2, 0.25) is 0 Å². The molecule has 0 saturated carbocycles. The van der Waals surface area contributed by atoms with E-state index in [9.17, 15) is 4.79 Å². The molecule has 5 nitrogen and oxygen atoms in total. The molecule has 2 heterocycles. The number of thiophene rings is 1. The fraction of sp³-hybridized carbons (Fsp3) is 0.320. The van der Waals surface area contributed by atoms with Crippen LogP contribution in [0, 0.1) is 0 Å². The average molecular weight is 436 g/mol. The number of hydrogen-bond acceptors (Lipinski definition) is 5. The second kappa shape index (κ2) is 10.6. The van der Waals surface area contributed by atoms with E-state index in [0.717, 1.165) is 43.2 Å². The number of rotatable bonds is 8. The standard InChI is InChI=1S/C25H29N3O2S/c1-27-11-13-28(14-12-27)18-21-9-7-20(8-10-21)17-26-25(29)22-4-2-5-23(16-22)30-19-24-6-3-15-31-24/h2-10,15-16H,11-14,17-19H2,1H3,(H,26,29). The lowest BCUT2D eigenvalue weighted by atomic mass is 10.1. The van der Waals surface area contributed by atoms with Crippen molar-refractivity contribution in [3.63, 3.8) is 0 Å². The molecule has 4 rings (SSSR count). The summed E-state index contributed by atoms with van der Waals surface area (Å²) in [6.07, 6.45) is 0. The van der Waals surface area contributed by atoms with Gasteiger partial charge < -0.3 is 15.0 Å². The van der Waals surface area contributed by atoms with Crippen molar-refractivity contribution in [1.82, 2.24) is 15.1 Å². The maximum atomic E-state index is 12.6. The Bertz CT molecular complexity index is 965. The minimum atomic E-state index is -0.0944. The van der Waals surface area contributed by atoms with E-state index in [2.05, 4.69) is 46.4 Å². The van der Waals surface area contributed by atoms with Gasteiger partial charge in [0.1, 0.15) is 12.4 Å². The molecule has 31 heavy (non-hydrogen) atoms. The summed E-state index contributed by atoms with van der Waals surface area (Å²) >= 11 is 1.66. The molecular formula is C25H29N3O2S. The van der Waals surface area contributed by atoms with Gasteiger partial charge in [0.25, 0.3) is 5.91 Å². The van der Waals surface area contributed by atoms with Gasteiger partial charge in [0, 0.05) is 49.7 Å². The van der Waals surface area contributed by atoms with Gasteiger partial charge in [-0.1, -0.05) is 36.4 Å². The lowest BCUT2D eigenvalue weighted by Crippen LogP contribution is -2.43. The van der Waals surface area contributed by atoms with Crippen molar-refractivity contribution in [3.05, 3.63) is 87.6 Å². The summed E-state index contributed by atoms with van der Waals surface area (Å²) in [5.41, 5.74) is 3.02. The van der Waals surface area contributed by atoms with Crippen molar-refractivity contribution in [2.45, 2.75) is 19.7 Å². The van der Waals surface area contributed by atoms with Gasteiger partial charge in [0.15, 0.2) is 0 Å². The van der Waals surface area contributed by atoms with E-state index in [0.29, 0.717) is 24.5 Å². The molecule has 6 heteroatoms. The van der Waals surface area contributed by atoms with Crippen molar-refractivity contribution in [2.24, 2.45) is 0 Å². The molecule has 0 radical (unpaired) electrons. The molecule has 0 spiro atoms. The highest BCUT2D eigenvalue weighted by molar-refractivity contribution is 7.09. The molecule has 0 unspecified atom stereocenters. The Balaban J connectivity index is 1.26. The highest BCUT2D eigenvalue weighted by Crippen LogP contribution is 2.17. The molecule has 1 aliphatic heterocycles. The van der Waals surface area contributed by atoms with E-state index >= 15 is 0 Å². The Hall–Kier alpha value is -2.67. The summed E-state index contributed by atoms with van der Waals surface area (Å²) in [5, 5.41) is 5.04. The molecule has 3 aromatic rings. The van der Waals surface area contributed by atoms with Crippen LogP contribution in [-0.4, -0.2) is 48.9 Å². The lowest BCUT2D eigenvalue weighted by Gasteiger charge is -2.32. The minimum Gasteiger partial charge on any atom is -0.488 e. The predicted molar refractivity (Wildman–Crippen MR) is 125 cm³/mol. The number of carbonyl (C=O) groups excluding carboxylic acids is 1. The molecule has 1 amide bonds. The molecule has 1 saturated heterocycles. The van der Waals surface area contributed by atoms with Crippen molar-refractivity contribution in [3.8, 4) is 5.75 Å². The van der Waals surface area contributed by atoms with Crippen molar-refractivity contribution in [2.75, 3.05) is 33.2 Å². The Morgan fingerprint density at radius 1 is 1.00 bits per heavy atom. The lowest BCUT2D eigenvalue weighted by molar-refractivity contribution is 0.0950. The highest BCUT2D eigenvalue weighted by Gasteiger charge is 2.13. The van der Waals surface area contributed by atoms with E-state index in [4.69, 9.17) is 4.74 Å². The van der Waals surface area contributed by atoms with Crippen LogP contribution in [0.4, 0.5) is 0 Å². The van der Waals surface area contributed by atoms with Crippen LogP contribution < -0.4 is 10.1 Å². The number of amides is 1. The molecule has 1 fully saturated rings. The Labute approximate surface area is 188 Å². The third-order valence-corrected chi connectivity index (χ3v) is 6.39. The number of nitrogens with one attached hydrogen (secondary N) is 1. The molecule has 0 atom stereocenters. The molecule has 0 bridgehead atoms. The smallest absolute Gasteiger partial charge is 0.251 e. The van der Waals surface area contributed by atoms with Gasteiger partial charge in [-0.3, -0.25) is 9.69 Å². The summed E-state index contributed by atoms with van der Waals surface area (Å²) in [5.74, 6) is 0.609. The molecule has 1 aromatic heterocycles. The molecule has 0 aliphatic carbocycles. The van der Waals surface area contributed by atoms with E-state index in [1.165, 1.54) is 5.56 Å². The first-order chi connectivity index (χ1) is 15.2. The fourth-order valence-electron chi connectivity index (χ4n) is 3.59. The van der Waals surface area contributed by atoms with Crippen LogP contribution in [0.25, 0.3) is 0 Å². The van der Waals surface area contributed by atoms with Gasteiger partial charge in [0.05, 0.1) is 0 Å². The molecule has 1 N–H and O–H groups in total. The zero-order chi connectivity index (χ0) is 21.5. The van der Waals surface area contributed by atoms with Crippen LogP contribution >= 0.6 is 11.3 Å². The van der Waals surface area contributed by atoms with Crippen molar-refractivity contribution < 1.29 is 9.53 Å². The fourth-order valence-corrected chi connectivity index (χ4v) is 4.20. The van der Waals surface area contributed by atoms with E-state index < -0.39 is 0 Å².